The van der Waals surface area contributed by atoms with Crippen molar-refractivity contribution in [2.45, 2.75) is 6.92 Å². The molecule has 7 heteroatoms. The molecule has 0 saturated heterocycles. The van der Waals surface area contributed by atoms with Gasteiger partial charge in [0.15, 0.2) is 0 Å². The lowest BCUT2D eigenvalue weighted by Gasteiger charge is -2.12. The molecule has 0 bridgehead atoms. The highest BCUT2D eigenvalue weighted by Crippen LogP contribution is 2.20. The number of nitrogens with zero attached hydrogens (tertiary/aromatic N) is 3. The molecule has 2 rings (SSSR count). The maximum Gasteiger partial charge on any atom is 0.341 e. The Morgan fingerprint density at radius 1 is 1.48 bits per heavy atom. The minimum absolute atomic E-state index is 0.0590. The van der Waals surface area contributed by atoms with Crippen molar-refractivity contribution >= 4 is 23.4 Å². The number of aliphatic hydroxyl groups is 1. The van der Waals surface area contributed by atoms with Crippen LogP contribution in [0.5, 0.6) is 0 Å². The van der Waals surface area contributed by atoms with Crippen LogP contribution in [-0.4, -0.2) is 40.5 Å². The zero-order valence-corrected chi connectivity index (χ0v) is 13.0. The highest BCUT2D eigenvalue weighted by atomic mass is 16.5. The second-order valence-corrected chi connectivity index (χ2v) is 4.56. The van der Waals surface area contributed by atoms with Gasteiger partial charge in [-0.25, -0.2) is 9.48 Å². The number of hydrogen-bond acceptors (Lipinski definition) is 5. The fourth-order valence-corrected chi connectivity index (χ4v) is 1.94. The van der Waals surface area contributed by atoms with Gasteiger partial charge >= 0.3 is 5.97 Å². The Labute approximate surface area is 133 Å². The molecule has 0 atom stereocenters. The third-order valence-corrected chi connectivity index (χ3v) is 3.01. The molecule has 1 heterocycles. The Morgan fingerprint density at radius 3 is 2.87 bits per heavy atom. The molecule has 0 spiro atoms. The van der Waals surface area contributed by atoms with Crippen molar-refractivity contribution in [3.63, 3.8) is 0 Å². The van der Waals surface area contributed by atoms with Crippen LogP contribution in [-0.2, 0) is 4.74 Å². The zero-order valence-electron chi connectivity index (χ0n) is 13.0. The number of benzene rings is 1. The lowest BCUT2D eigenvalue weighted by Crippen LogP contribution is -2.23. The predicted octanol–water partition coefficient (Wildman–Crippen LogP) is 2.53. The van der Waals surface area contributed by atoms with E-state index in [1.54, 1.807) is 32.2 Å². The van der Waals surface area contributed by atoms with Crippen LogP contribution in [0.1, 0.15) is 22.8 Å². The summed E-state index contributed by atoms with van der Waals surface area (Å²) in [6.45, 7) is 5.56. The third-order valence-electron chi connectivity index (χ3n) is 3.01. The van der Waals surface area contributed by atoms with Crippen LogP contribution in [0, 0.1) is 0 Å². The number of ether oxygens (including phenoxy) is 1. The number of aliphatic imine (C=N–C) groups is 1. The van der Waals surface area contributed by atoms with Gasteiger partial charge in [0.25, 0.3) is 0 Å². The highest BCUT2D eigenvalue weighted by Gasteiger charge is 2.13. The van der Waals surface area contributed by atoms with Gasteiger partial charge in [-0.2, -0.15) is 5.10 Å². The summed E-state index contributed by atoms with van der Waals surface area (Å²) in [5.41, 5.74) is 1.50. The van der Waals surface area contributed by atoms with Gasteiger partial charge in [0, 0.05) is 18.8 Å². The Kier molecular flexibility index (Phi) is 5.14. The minimum atomic E-state index is -0.446. The molecule has 0 unspecified atom stereocenters. The van der Waals surface area contributed by atoms with E-state index in [9.17, 15) is 9.90 Å². The van der Waals surface area contributed by atoms with Crippen molar-refractivity contribution < 1.29 is 14.6 Å². The Bertz CT molecular complexity index is 749. The number of hydrogen-bond donors (Lipinski definition) is 2. The number of aromatic nitrogens is 2. The normalized spacial score (nSPS) is 11.1. The smallest absolute Gasteiger partial charge is 0.341 e. The molecule has 1 aromatic heterocycles. The van der Waals surface area contributed by atoms with Crippen LogP contribution >= 0.6 is 0 Å². The number of rotatable bonds is 4. The standard InChI is InChI=1S/C16H18N4O3/c1-4-23-15(22)12-9-18-20(10-12)16(17-3)19-14-8-6-5-7-13(14)11(2)21/h5-10,21H,2,4H2,1,3H3,(H,17,19). The Morgan fingerprint density at radius 2 is 2.22 bits per heavy atom. The number of carbonyl (C=O) groups excluding carboxylic acids is 1. The lowest BCUT2D eigenvalue weighted by molar-refractivity contribution is 0.0526. The highest BCUT2D eigenvalue weighted by molar-refractivity contribution is 5.98. The summed E-state index contributed by atoms with van der Waals surface area (Å²) in [5, 5.41) is 16.8. The summed E-state index contributed by atoms with van der Waals surface area (Å²) >= 11 is 0. The van der Waals surface area contributed by atoms with Gasteiger partial charge in [0.1, 0.15) is 5.76 Å². The number of nitrogens with one attached hydrogen (secondary N) is 1. The molecule has 0 fully saturated rings. The lowest BCUT2D eigenvalue weighted by atomic mass is 10.1. The quantitative estimate of drug-likeness (QED) is 0.392. The first-order valence-electron chi connectivity index (χ1n) is 7.00. The molecule has 23 heavy (non-hydrogen) atoms. The first-order chi connectivity index (χ1) is 11.1. The molecule has 7 nitrogen and oxygen atoms in total. The van der Waals surface area contributed by atoms with E-state index in [2.05, 4.69) is 22.0 Å². The Hall–Kier alpha value is -3.09. The molecule has 2 aromatic rings. The molecule has 2 N–H and O–H groups in total. The first-order valence-corrected chi connectivity index (χ1v) is 7.00. The number of esters is 1. The van der Waals surface area contributed by atoms with Crippen molar-refractivity contribution in [1.29, 1.82) is 0 Å². The van der Waals surface area contributed by atoms with E-state index in [0.29, 0.717) is 29.4 Å². The second kappa shape index (κ2) is 7.26. The molecule has 0 aliphatic carbocycles. The van der Waals surface area contributed by atoms with Crippen molar-refractivity contribution in [3.05, 3.63) is 54.4 Å². The van der Waals surface area contributed by atoms with E-state index in [0.717, 1.165) is 0 Å². The Balaban J connectivity index is 2.25. The van der Waals surface area contributed by atoms with Crippen LogP contribution in [0.4, 0.5) is 5.69 Å². The summed E-state index contributed by atoms with van der Waals surface area (Å²) in [5.74, 6) is -0.121. The van der Waals surface area contributed by atoms with E-state index in [1.807, 2.05) is 6.07 Å². The summed E-state index contributed by atoms with van der Waals surface area (Å²) in [7, 11) is 1.59. The average molecular weight is 314 g/mol. The van der Waals surface area contributed by atoms with E-state index >= 15 is 0 Å². The van der Waals surface area contributed by atoms with Gasteiger partial charge in [-0.05, 0) is 19.1 Å². The number of anilines is 1. The van der Waals surface area contributed by atoms with Crippen LogP contribution < -0.4 is 5.32 Å². The molecule has 0 radical (unpaired) electrons. The van der Waals surface area contributed by atoms with Gasteiger partial charge in [-0.1, -0.05) is 18.7 Å². The van der Waals surface area contributed by atoms with Crippen molar-refractivity contribution in [3.8, 4) is 0 Å². The number of para-hydroxylation sites is 1. The van der Waals surface area contributed by atoms with Crippen LogP contribution in [0.25, 0.3) is 5.76 Å². The van der Waals surface area contributed by atoms with Crippen molar-refractivity contribution in [2.24, 2.45) is 4.99 Å². The topological polar surface area (TPSA) is 88.7 Å². The summed E-state index contributed by atoms with van der Waals surface area (Å²) in [6, 6.07) is 7.11. The van der Waals surface area contributed by atoms with Crippen LogP contribution in [0.2, 0.25) is 0 Å². The van der Waals surface area contributed by atoms with Crippen molar-refractivity contribution in [2.75, 3.05) is 19.0 Å². The van der Waals surface area contributed by atoms with Gasteiger partial charge < -0.3 is 15.2 Å². The largest absolute Gasteiger partial charge is 0.508 e. The molecule has 0 aliphatic rings. The average Bonchev–Trinajstić information content (AvgIpc) is 3.03. The molecule has 0 aliphatic heterocycles. The first kappa shape index (κ1) is 16.3. The fraction of sp³-hybridized carbons (Fsp3) is 0.188. The van der Waals surface area contributed by atoms with Gasteiger partial charge in [-0.15, -0.1) is 0 Å². The van der Waals surface area contributed by atoms with Crippen LogP contribution in [0.15, 0.2) is 48.2 Å². The monoisotopic (exact) mass is 314 g/mol. The van der Waals surface area contributed by atoms with E-state index < -0.39 is 5.97 Å². The minimum Gasteiger partial charge on any atom is -0.508 e. The molecule has 120 valence electrons. The fourth-order valence-electron chi connectivity index (χ4n) is 1.94. The molecular formula is C16H18N4O3. The number of carbonyl (C=O) groups is 1. The summed E-state index contributed by atoms with van der Waals surface area (Å²) in [6.07, 6.45) is 2.92. The molecule has 0 amide bonds. The van der Waals surface area contributed by atoms with E-state index in [-0.39, 0.29) is 5.76 Å². The van der Waals surface area contributed by atoms with Crippen LogP contribution in [0.3, 0.4) is 0 Å². The SMILES string of the molecule is C=C(O)c1ccccc1NC(=NC)n1cc(C(=O)OCC)cn1. The maximum atomic E-state index is 11.7. The molecule has 0 saturated carbocycles. The zero-order chi connectivity index (χ0) is 16.8. The van der Waals surface area contributed by atoms with Gasteiger partial charge in [-0.3, -0.25) is 4.99 Å². The summed E-state index contributed by atoms with van der Waals surface area (Å²) in [4.78, 5) is 15.8. The molecule has 1 aromatic carbocycles. The van der Waals surface area contributed by atoms with E-state index in [1.165, 1.54) is 17.1 Å². The van der Waals surface area contributed by atoms with Gasteiger partial charge in [0.2, 0.25) is 5.96 Å². The third kappa shape index (κ3) is 3.76. The number of aliphatic hydroxyl groups excluding tert-OH is 1. The predicted molar refractivity (Wildman–Crippen MR) is 88.7 cm³/mol. The maximum absolute atomic E-state index is 11.7. The molecular weight excluding hydrogens is 296 g/mol. The van der Waals surface area contributed by atoms with E-state index in [4.69, 9.17) is 4.74 Å². The van der Waals surface area contributed by atoms with Gasteiger partial charge in [0.05, 0.1) is 24.1 Å². The second-order valence-electron chi connectivity index (χ2n) is 4.56. The summed E-state index contributed by atoms with van der Waals surface area (Å²) < 4.78 is 6.35. The van der Waals surface area contributed by atoms with Crippen molar-refractivity contribution in [1.82, 2.24) is 9.78 Å².